The summed E-state index contributed by atoms with van der Waals surface area (Å²) in [5.41, 5.74) is -0.0160. The van der Waals surface area contributed by atoms with Crippen LogP contribution in [0.25, 0.3) is 0 Å². The molecule has 0 aliphatic rings. The fourth-order valence-electron chi connectivity index (χ4n) is 0.887. The van der Waals surface area contributed by atoms with E-state index in [0.29, 0.717) is 0 Å². The normalized spacial score (nSPS) is 8.64. The number of rotatable bonds is 2. The van der Waals surface area contributed by atoms with Gasteiger partial charge in [-0.15, -0.1) is 0 Å². The number of benzene rings is 1. The molecule has 4 nitrogen and oxygen atoms in total. The first-order valence-electron chi connectivity index (χ1n) is 3.62. The number of hydrogen-bond acceptors (Lipinski definition) is 3. The van der Waals surface area contributed by atoms with Crippen molar-refractivity contribution in [2.24, 2.45) is 0 Å². The Hall–Kier alpha value is -0.359. The van der Waals surface area contributed by atoms with Gasteiger partial charge in [0.1, 0.15) is 11.3 Å². The van der Waals surface area contributed by atoms with Gasteiger partial charge in [-0.05, 0) is 12.1 Å². The molecule has 0 aliphatic heterocycles. The summed E-state index contributed by atoms with van der Waals surface area (Å²) in [7, 11) is 0. The standard InChI is InChI=1S/C9H8O4.Sr.2H/c1-6(10)13-8-5-3-2-4-7(8)9(11)12;;;/h2-5H,1H3,(H,11,12);;;. The predicted octanol–water partition coefficient (Wildman–Crippen LogP) is 0.394. The molecule has 0 aromatic heterocycles. The minimum absolute atomic E-state index is 0. The molecule has 0 fully saturated rings. The molecular weight excluding hydrogens is 260 g/mol. The van der Waals surface area contributed by atoms with Gasteiger partial charge in [-0.2, -0.15) is 0 Å². The Kier molecular flexibility index (Phi) is 6.03. The molecule has 5 heteroatoms. The van der Waals surface area contributed by atoms with Gasteiger partial charge in [-0.25, -0.2) is 4.79 Å². The van der Waals surface area contributed by atoms with Crippen molar-refractivity contribution in [2.45, 2.75) is 6.92 Å². The summed E-state index contributed by atoms with van der Waals surface area (Å²) in [5, 5.41) is 8.69. The molecule has 14 heavy (non-hydrogen) atoms. The van der Waals surface area contributed by atoms with Crippen LogP contribution in [0, 0.1) is 0 Å². The topological polar surface area (TPSA) is 63.6 Å². The second-order valence-electron chi connectivity index (χ2n) is 2.39. The van der Waals surface area contributed by atoms with E-state index < -0.39 is 11.9 Å². The number of ether oxygens (including phenoxy) is 1. The van der Waals surface area contributed by atoms with E-state index >= 15 is 0 Å². The molecule has 1 rings (SSSR count). The van der Waals surface area contributed by atoms with Crippen molar-refractivity contribution < 1.29 is 19.4 Å². The number of carbonyl (C=O) groups is 2. The Morgan fingerprint density at radius 1 is 1.29 bits per heavy atom. The van der Waals surface area contributed by atoms with Gasteiger partial charge in [0.25, 0.3) is 0 Å². The van der Waals surface area contributed by atoms with Crippen molar-refractivity contribution >= 4 is 57.4 Å². The molecule has 0 spiro atoms. The van der Waals surface area contributed by atoms with Crippen molar-refractivity contribution in [1.29, 1.82) is 0 Å². The van der Waals surface area contributed by atoms with E-state index in [1.807, 2.05) is 0 Å². The first-order valence-corrected chi connectivity index (χ1v) is 3.62. The number of carbonyl (C=O) groups excluding carboxylic acids is 1. The van der Waals surface area contributed by atoms with E-state index in [1.54, 1.807) is 12.1 Å². The Morgan fingerprint density at radius 2 is 1.86 bits per heavy atom. The summed E-state index contributed by atoms with van der Waals surface area (Å²) in [6.45, 7) is 1.22. The van der Waals surface area contributed by atoms with Crippen LogP contribution in [-0.2, 0) is 4.79 Å². The summed E-state index contributed by atoms with van der Waals surface area (Å²) >= 11 is 0. The molecular formula is C9H10O4Sr. The molecule has 0 bridgehead atoms. The Morgan fingerprint density at radius 3 is 2.36 bits per heavy atom. The van der Waals surface area contributed by atoms with Crippen molar-refractivity contribution in [2.75, 3.05) is 0 Å². The second kappa shape index (κ2) is 6.19. The van der Waals surface area contributed by atoms with E-state index in [9.17, 15) is 9.59 Å². The summed E-state index contributed by atoms with van der Waals surface area (Å²) < 4.78 is 4.69. The zero-order valence-electron chi connectivity index (χ0n) is 6.98. The molecule has 1 aromatic carbocycles. The minimum atomic E-state index is -1.11. The summed E-state index contributed by atoms with van der Waals surface area (Å²) in [6, 6.07) is 5.98. The average molecular weight is 270 g/mol. The summed E-state index contributed by atoms with van der Waals surface area (Å²) in [5.74, 6) is -1.58. The third kappa shape index (κ3) is 3.79. The van der Waals surface area contributed by atoms with E-state index in [4.69, 9.17) is 5.11 Å². The van der Waals surface area contributed by atoms with Crippen LogP contribution < -0.4 is 4.74 Å². The molecule has 0 heterocycles. The van der Waals surface area contributed by atoms with E-state index in [1.165, 1.54) is 19.1 Å². The summed E-state index contributed by atoms with van der Waals surface area (Å²) in [6.07, 6.45) is 0. The zero-order valence-corrected chi connectivity index (χ0v) is 6.98. The monoisotopic (exact) mass is 270 g/mol. The van der Waals surface area contributed by atoms with Gasteiger partial charge in [0, 0.05) is 6.92 Å². The molecule has 1 N–H and O–H groups in total. The fourth-order valence-corrected chi connectivity index (χ4v) is 0.887. The van der Waals surface area contributed by atoms with Gasteiger partial charge in [0.2, 0.25) is 0 Å². The SMILES string of the molecule is CC(=O)Oc1ccccc1C(=O)O.[SrH2]. The zero-order chi connectivity index (χ0) is 9.84. The van der Waals surface area contributed by atoms with Gasteiger partial charge in [-0.3, -0.25) is 4.79 Å². The Balaban J connectivity index is 0.00000169. The number of carboxylic acids is 1. The van der Waals surface area contributed by atoms with Crippen molar-refractivity contribution in [3.63, 3.8) is 0 Å². The molecule has 0 unspecified atom stereocenters. The van der Waals surface area contributed by atoms with Crippen LogP contribution >= 0.6 is 0 Å². The van der Waals surface area contributed by atoms with Gasteiger partial charge in [0.15, 0.2) is 0 Å². The predicted molar refractivity (Wildman–Crippen MR) is 53.3 cm³/mol. The van der Waals surface area contributed by atoms with Crippen molar-refractivity contribution in [1.82, 2.24) is 0 Å². The van der Waals surface area contributed by atoms with Crippen LogP contribution in [0.4, 0.5) is 0 Å². The molecule has 1 aromatic rings. The van der Waals surface area contributed by atoms with Crippen molar-refractivity contribution in [3.05, 3.63) is 29.8 Å². The summed E-state index contributed by atoms with van der Waals surface area (Å²) in [4.78, 5) is 21.2. The quantitative estimate of drug-likeness (QED) is 0.479. The van der Waals surface area contributed by atoms with Gasteiger partial charge < -0.3 is 9.84 Å². The van der Waals surface area contributed by atoms with Crippen LogP contribution in [0.5, 0.6) is 5.75 Å². The maximum atomic E-state index is 10.6. The third-order valence-corrected chi connectivity index (χ3v) is 1.37. The van der Waals surface area contributed by atoms with E-state index in [0.717, 1.165) is 0 Å². The van der Waals surface area contributed by atoms with E-state index in [-0.39, 0.29) is 56.8 Å². The molecule has 0 amide bonds. The molecule has 0 radical (unpaired) electrons. The Bertz CT molecular complexity index is 348. The van der Waals surface area contributed by atoms with Crippen LogP contribution in [0.2, 0.25) is 0 Å². The molecule has 0 atom stereocenters. The van der Waals surface area contributed by atoms with Crippen molar-refractivity contribution in [3.8, 4) is 5.75 Å². The van der Waals surface area contributed by atoms with Gasteiger partial charge in [-0.1, -0.05) is 12.1 Å². The fraction of sp³-hybridized carbons (Fsp3) is 0.111. The van der Waals surface area contributed by atoms with E-state index in [2.05, 4.69) is 4.74 Å². The maximum absolute atomic E-state index is 10.6. The molecule has 0 saturated heterocycles. The van der Waals surface area contributed by atoms with Gasteiger partial charge in [0.05, 0.1) is 0 Å². The number of para-hydroxylation sites is 1. The van der Waals surface area contributed by atoms with Crippen LogP contribution in [0.1, 0.15) is 17.3 Å². The Labute approximate surface area is 118 Å². The van der Waals surface area contributed by atoms with Gasteiger partial charge >= 0.3 is 57.4 Å². The van der Waals surface area contributed by atoms with Crippen LogP contribution in [0.15, 0.2) is 24.3 Å². The first kappa shape index (κ1) is 13.6. The van der Waals surface area contributed by atoms with Crippen LogP contribution in [-0.4, -0.2) is 62.5 Å². The molecule has 0 saturated carbocycles. The number of hydrogen-bond donors (Lipinski definition) is 1. The average Bonchev–Trinajstić information content (AvgIpc) is 2.03. The third-order valence-electron chi connectivity index (χ3n) is 1.37. The molecule has 72 valence electrons. The number of carboxylic acid groups (broad SMARTS) is 1. The second-order valence-corrected chi connectivity index (χ2v) is 2.39. The molecule has 0 aliphatic carbocycles. The first-order chi connectivity index (χ1) is 6.11. The number of esters is 1. The number of aromatic carboxylic acids is 1. The van der Waals surface area contributed by atoms with Crippen LogP contribution in [0.3, 0.4) is 0 Å².